The highest BCUT2D eigenvalue weighted by atomic mass is 127. The van der Waals surface area contributed by atoms with E-state index in [0.29, 0.717) is 19.0 Å². The molecule has 0 unspecified atom stereocenters. The fraction of sp³-hybridized carbons (Fsp3) is 0.696. The second-order valence-electron chi connectivity index (χ2n) is 9.40. The van der Waals surface area contributed by atoms with Crippen LogP contribution in [0.1, 0.15) is 44.7 Å². The van der Waals surface area contributed by atoms with Crippen LogP contribution in [0, 0.1) is 12.8 Å². The van der Waals surface area contributed by atoms with Crippen molar-refractivity contribution in [1.82, 2.24) is 15.1 Å². The van der Waals surface area contributed by atoms with Gasteiger partial charge >= 0.3 is 0 Å². The SMILES string of the molecule is CCNC(=NCC1CCN(Cc2ccc(C)cc2)CC1)N1CCS(=O)(=O)C(C)(C)C1.I. The number of guanidine groups is 1. The number of nitrogens with zero attached hydrogens (tertiary/aromatic N) is 3. The van der Waals surface area contributed by atoms with Gasteiger partial charge in [-0.1, -0.05) is 29.8 Å². The first-order chi connectivity index (χ1) is 14.2. The first-order valence-electron chi connectivity index (χ1n) is 11.2. The Labute approximate surface area is 205 Å². The van der Waals surface area contributed by atoms with Crippen molar-refractivity contribution in [3.8, 4) is 0 Å². The molecule has 2 saturated heterocycles. The molecule has 0 aliphatic carbocycles. The first-order valence-corrected chi connectivity index (χ1v) is 12.9. The maximum atomic E-state index is 12.3. The standard InChI is InChI=1S/C23H38N4O2S.HI/c1-5-24-22(27-14-15-30(28,29)23(3,4)18-27)25-16-20-10-12-26(13-11-20)17-21-8-6-19(2)7-9-21;/h6-9,20H,5,10-18H2,1-4H3,(H,24,25);1H. The molecule has 31 heavy (non-hydrogen) atoms. The van der Waals surface area contributed by atoms with Crippen molar-refractivity contribution in [1.29, 1.82) is 0 Å². The molecule has 0 bridgehead atoms. The minimum atomic E-state index is -3.04. The molecule has 8 heteroatoms. The van der Waals surface area contributed by atoms with Gasteiger partial charge in [0, 0.05) is 32.7 Å². The zero-order valence-corrected chi connectivity index (χ0v) is 22.6. The highest BCUT2D eigenvalue weighted by molar-refractivity contribution is 14.0. The molecular formula is C23H39IN4O2S. The van der Waals surface area contributed by atoms with Crippen molar-refractivity contribution in [2.75, 3.05) is 45.0 Å². The summed E-state index contributed by atoms with van der Waals surface area (Å²) in [5, 5.41) is 3.37. The van der Waals surface area contributed by atoms with Crippen molar-refractivity contribution < 1.29 is 8.42 Å². The second kappa shape index (κ2) is 11.3. The maximum absolute atomic E-state index is 12.3. The topological polar surface area (TPSA) is 65.0 Å². The lowest BCUT2D eigenvalue weighted by Gasteiger charge is -2.39. The average Bonchev–Trinajstić information content (AvgIpc) is 2.70. The van der Waals surface area contributed by atoms with Gasteiger partial charge in [0.2, 0.25) is 0 Å². The van der Waals surface area contributed by atoms with Gasteiger partial charge in [-0.15, -0.1) is 24.0 Å². The molecule has 0 aromatic heterocycles. The third kappa shape index (κ3) is 7.05. The summed E-state index contributed by atoms with van der Waals surface area (Å²) in [7, 11) is -3.04. The zero-order chi connectivity index (χ0) is 21.8. The van der Waals surface area contributed by atoms with Crippen LogP contribution in [-0.4, -0.2) is 73.9 Å². The summed E-state index contributed by atoms with van der Waals surface area (Å²) in [6.07, 6.45) is 2.32. The molecule has 2 heterocycles. The predicted octanol–water partition coefficient (Wildman–Crippen LogP) is 3.30. The van der Waals surface area contributed by atoms with E-state index in [1.807, 2.05) is 13.8 Å². The third-order valence-corrected chi connectivity index (χ3v) is 8.94. The first kappa shape index (κ1) is 26.4. The zero-order valence-electron chi connectivity index (χ0n) is 19.4. The van der Waals surface area contributed by atoms with E-state index >= 15 is 0 Å². The number of hydrogen-bond acceptors (Lipinski definition) is 4. The van der Waals surface area contributed by atoms with Gasteiger partial charge in [-0.05, 0) is 65.1 Å². The molecule has 1 N–H and O–H groups in total. The molecular weight excluding hydrogens is 523 g/mol. The van der Waals surface area contributed by atoms with Crippen LogP contribution in [0.25, 0.3) is 0 Å². The van der Waals surface area contributed by atoms with E-state index in [0.717, 1.165) is 51.5 Å². The number of aliphatic imine (C=N–C) groups is 1. The Bertz CT molecular complexity index is 832. The lowest BCUT2D eigenvalue weighted by Crippen LogP contribution is -2.57. The van der Waals surface area contributed by atoms with Crippen LogP contribution in [0.15, 0.2) is 29.3 Å². The van der Waals surface area contributed by atoms with Crippen LogP contribution < -0.4 is 5.32 Å². The van der Waals surface area contributed by atoms with Crippen molar-refractivity contribution >= 4 is 39.8 Å². The number of benzene rings is 1. The molecule has 1 aromatic rings. The normalized spacial score (nSPS) is 22.1. The summed E-state index contributed by atoms with van der Waals surface area (Å²) in [6.45, 7) is 13.7. The Kier molecular flexibility index (Phi) is 9.63. The number of likely N-dealkylation sites (tertiary alicyclic amines) is 1. The van der Waals surface area contributed by atoms with E-state index < -0.39 is 14.6 Å². The Morgan fingerprint density at radius 2 is 1.81 bits per heavy atom. The van der Waals surface area contributed by atoms with Gasteiger partial charge in [0.1, 0.15) is 0 Å². The van der Waals surface area contributed by atoms with Gasteiger partial charge < -0.3 is 10.2 Å². The average molecular weight is 563 g/mol. The lowest BCUT2D eigenvalue weighted by atomic mass is 9.96. The minimum Gasteiger partial charge on any atom is -0.357 e. The summed E-state index contributed by atoms with van der Waals surface area (Å²) >= 11 is 0. The third-order valence-electron chi connectivity index (χ3n) is 6.41. The van der Waals surface area contributed by atoms with Gasteiger partial charge in [0.25, 0.3) is 0 Å². The molecule has 3 rings (SSSR count). The van der Waals surface area contributed by atoms with Crippen molar-refractivity contribution in [3.63, 3.8) is 0 Å². The van der Waals surface area contributed by atoms with Crippen molar-refractivity contribution in [2.24, 2.45) is 10.9 Å². The number of rotatable bonds is 5. The van der Waals surface area contributed by atoms with E-state index in [2.05, 4.69) is 53.2 Å². The molecule has 0 atom stereocenters. The van der Waals surface area contributed by atoms with Gasteiger partial charge in [-0.3, -0.25) is 9.89 Å². The van der Waals surface area contributed by atoms with Crippen LogP contribution in [-0.2, 0) is 16.4 Å². The molecule has 2 aliphatic heterocycles. The van der Waals surface area contributed by atoms with Crippen LogP contribution >= 0.6 is 24.0 Å². The number of nitrogens with one attached hydrogen (secondary N) is 1. The Balaban J connectivity index is 0.00000341. The summed E-state index contributed by atoms with van der Waals surface area (Å²) in [5.41, 5.74) is 2.69. The largest absolute Gasteiger partial charge is 0.357 e. The fourth-order valence-corrected chi connectivity index (χ4v) is 5.61. The maximum Gasteiger partial charge on any atom is 0.194 e. The molecule has 0 radical (unpaired) electrons. The molecule has 176 valence electrons. The number of piperidine rings is 1. The molecule has 6 nitrogen and oxygen atoms in total. The van der Waals surface area contributed by atoms with Gasteiger partial charge in [0.05, 0.1) is 10.5 Å². The molecule has 0 saturated carbocycles. The molecule has 0 spiro atoms. The quantitative estimate of drug-likeness (QED) is 0.339. The molecule has 2 fully saturated rings. The van der Waals surface area contributed by atoms with E-state index in [9.17, 15) is 8.42 Å². The summed E-state index contributed by atoms with van der Waals surface area (Å²) < 4.78 is 23.9. The number of halogens is 1. The number of hydrogen-bond donors (Lipinski definition) is 1. The van der Waals surface area contributed by atoms with Crippen LogP contribution in [0.5, 0.6) is 0 Å². The van der Waals surface area contributed by atoms with Crippen molar-refractivity contribution in [3.05, 3.63) is 35.4 Å². The summed E-state index contributed by atoms with van der Waals surface area (Å²) in [4.78, 5) is 9.57. The smallest absolute Gasteiger partial charge is 0.194 e. The van der Waals surface area contributed by atoms with E-state index in [4.69, 9.17) is 4.99 Å². The van der Waals surface area contributed by atoms with E-state index in [1.165, 1.54) is 11.1 Å². The Morgan fingerprint density at radius 3 is 2.39 bits per heavy atom. The highest BCUT2D eigenvalue weighted by Gasteiger charge is 2.41. The second-order valence-corrected chi connectivity index (χ2v) is 12.1. The monoisotopic (exact) mass is 562 g/mol. The van der Waals surface area contributed by atoms with Gasteiger partial charge in [-0.2, -0.15) is 0 Å². The highest BCUT2D eigenvalue weighted by Crippen LogP contribution is 2.24. The van der Waals surface area contributed by atoms with Crippen LogP contribution in [0.4, 0.5) is 0 Å². The molecule has 1 aromatic carbocycles. The van der Waals surface area contributed by atoms with Gasteiger partial charge in [0.15, 0.2) is 15.8 Å². The molecule has 0 amide bonds. The predicted molar refractivity (Wildman–Crippen MR) is 140 cm³/mol. The summed E-state index contributed by atoms with van der Waals surface area (Å²) in [5.74, 6) is 1.65. The van der Waals surface area contributed by atoms with Crippen LogP contribution in [0.2, 0.25) is 0 Å². The summed E-state index contributed by atoms with van der Waals surface area (Å²) in [6, 6.07) is 8.84. The fourth-order valence-electron chi connectivity index (χ4n) is 4.24. The Morgan fingerprint density at radius 1 is 1.16 bits per heavy atom. The van der Waals surface area contributed by atoms with Gasteiger partial charge in [-0.25, -0.2) is 8.42 Å². The minimum absolute atomic E-state index is 0. The lowest BCUT2D eigenvalue weighted by molar-refractivity contribution is 0.180. The van der Waals surface area contributed by atoms with E-state index in [-0.39, 0.29) is 29.7 Å². The number of sulfone groups is 1. The van der Waals surface area contributed by atoms with E-state index in [1.54, 1.807) is 0 Å². The molecule has 2 aliphatic rings. The van der Waals surface area contributed by atoms with Crippen LogP contribution in [0.3, 0.4) is 0 Å². The Hall–Kier alpha value is -0.870. The number of aryl methyl sites for hydroxylation is 1. The van der Waals surface area contributed by atoms with Crippen molar-refractivity contribution in [2.45, 2.75) is 51.8 Å².